The highest BCUT2D eigenvalue weighted by Crippen LogP contribution is 2.35. The van der Waals surface area contributed by atoms with Crippen LogP contribution >= 0.6 is 0 Å². The third-order valence-electron chi connectivity index (χ3n) is 4.38. The van der Waals surface area contributed by atoms with Gasteiger partial charge in [0, 0.05) is 5.56 Å². The summed E-state index contributed by atoms with van der Waals surface area (Å²) in [5.41, 5.74) is 2.89. The molecule has 1 aliphatic carbocycles. The van der Waals surface area contributed by atoms with Crippen LogP contribution in [0.1, 0.15) is 26.7 Å². The van der Waals surface area contributed by atoms with E-state index in [4.69, 9.17) is 4.74 Å². The molecule has 1 fully saturated rings. The minimum atomic E-state index is -3.40. The normalized spacial score (nSPS) is 14.2. The lowest BCUT2D eigenvalue weighted by Gasteiger charge is -2.13. The van der Waals surface area contributed by atoms with Gasteiger partial charge in [0.25, 0.3) is 0 Å². The van der Waals surface area contributed by atoms with E-state index in [0.717, 1.165) is 16.9 Å². The monoisotopic (exact) mass is 399 g/mol. The van der Waals surface area contributed by atoms with E-state index in [0.29, 0.717) is 29.9 Å². The van der Waals surface area contributed by atoms with E-state index in [1.165, 1.54) is 0 Å². The molecule has 0 atom stereocenters. The topological polar surface area (TPSA) is 110 Å². The molecule has 1 aromatic heterocycles. The van der Waals surface area contributed by atoms with Gasteiger partial charge in [0.2, 0.25) is 15.8 Å². The SMILES string of the molecule is CC(C)Oc1ccc(-c2ccc(NS(=O)(=O)C3CC3)c(-c3nn[nH]n3)c2)cc1. The predicted molar refractivity (Wildman–Crippen MR) is 106 cm³/mol. The summed E-state index contributed by atoms with van der Waals surface area (Å²) in [6.45, 7) is 3.96. The third kappa shape index (κ3) is 3.99. The van der Waals surface area contributed by atoms with Crippen LogP contribution in [0.15, 0.2) is 42.5 Å². The molecule has 1 aliphatic rings. The average Bonchev–Trinajstić information content (AvgIpc) is 3.39. The Balaban J connectivity index is 1.69. The molecule has 9 heteroatoms. The minimum absolute atomic E-state index is 0.106. The van der Waals surface area contributed by atoms with E-state index in [2.05, 4.69) is 25.3 Å². The second-order valence-electron chi connectivity index (χ2n) is 7.03. The summed E-state index contributed by atoms with van der Waals surface area (Å²) in [5.74, 6) is 1.13. The van der Waals surface area contributed by atoms with Crippen LogP contribution in [0.2, 0.25) is 0 Å². The zero-order valence-corrected chi connectivity index (χ0v) is 16.4. The highest BCUT2D eigenvalue weighted by atomic mass is 32.2. The Kier molecular flexibility index (Phi) is 4.76. The van der Waals surface area contributed by atoms with E-state index >= 15 is 0 Å². The Morgan fingerprint density at radius 2 is 1.82 bits per heavy atom. The summed E-state index contributed by atoms with van der Waals surface area (Å²) in [6.07, 6.45) is 1.49. The van der Waals surface area contributed by atoms with Crippen LogP contribution in [0.3, 0.4) is 0 Å². The molecule has 0 spiro atoms. The van der Waals surface area contributed by atoms with Crippen molar-refractivity contribution in [3.8, 4) is 28.3 Å². The number of tetrazole rings is 1. The number of nitrogens with zero attached hydrogens (tertiary/aromatic N) is 3. The van der Waals surface area contributed by atoms with E-state index in [-0.39, 0.29) is 11.4 Å². The van der Waals surface area contributed by atoms with E-state index < -0.39 is 10.0 Å². The largest absolute Gasteiger partial charge is 0.491 e. The van der Waals surface area contributed by atoms with Gasteiger partial charge in [0.1, 0.15) is 5.75 Å². The number of hydrogen-bond acceptors (Lipinski definition) is 6. The van der Waals surface area contributed by atoms with Crippen molar-refractivity contribution in [3.63, 3.8) is 0 Å². The first-order valence-corrected chi connectivity index (χ1v) is 10.6. The van der Waals surface area contributed by atoms with E-state index in [1.54, 1.807) is 6.07 Å². The molecule has 0 radical (unpaired) electrons. The molecule has 2 aromatic carbocycles. The molecular formula is C19H21N5O3S. The summed E-state index contributed by atoms with van der Waals surface area (Å²) in [4.78, 5) is 0. The average molecular weight is 399 g/mol. The summed E-state index contributed by atoms with van der Waals surface area (Å²) < 4.78 is 33.1. The molecule has 4 rings (SSSR count). The van der Waals surface area contributed by atoms with Gasteiger partial charge in [-0.2, -0.15) is 5.21 Å². The number of nitrogens with one attached hydrogen (secondary N) is 2. The Morgan fingerprint density at radius 1 is 1.11 bits per heavy atom. The number of H-pyrrole nitrogens is 1. The Morgan fingerprint density at radius 3 is 2.43 bits per heavy atom. The summed E-state index contributed by atoms with van der Waals surface area (Å²) in [7, 11) is -3.40. The van der Waals surface area contributed by atoms with Crippen LogP contribution in [0, 0.1) is 0 Å². The Bertz CT molecular complexity index is 1060. The predicted octanol–water partition coefficient (Wildman–Crippen LogP) is 3.23. The van der Waals surface area contributed by atoms with Crippen molar-refractivity contribution in [2.45, 2.75) is 38.0 Å². The van der Waals surface area contributed by atoms with Crippen LogP contribution in [-0.2, 0) is 10.0 Å². The smallest absolute Gasteiger partial charge is 0.235 e. The van der Waals surface area contributed by atoms with Crippen LogP contribution in [0.5, 0.6) is 5.75 Å². The van der Waals surface area contributed by atoms with Gasteiger partial charge in [-0.05, 0) is 67.3 Å². The minimum Gasteiger partial charge on any atom is -0.491 e. The molecule has 0 saturated heterocycles. The number of ether oxygens (including phenoxy) is 1. The molecule has 0 bridgehead atoms. The number of anilines is 1. The van der Waals surface area contributed by atoms with Crippen molar-refractivity contribution >= 4 is 15.7 Å². The second kappa shape index (κ2) is 7.23. The van der Waals surface area contributed by atoms with E-state index in [1.807, 2.05) is 50.2 Å². The standard InChI is InChI=1S/C19H21N5O3S/c1-12(2)27-15-6-3-13(4-7-15)14-5-10-18(22-28(25,26)16-8-9-16)17(11-14)19-20-23-24-21-19/h3-7,10-12,16,22H,8-9H2,1-2H3,(H,20,21,23,24). The second-order valence-corrected chi connectivity index (χ2v) is 8.99. The zero-order valence-electron chi connectivity index (χ0n) is 15.6. The van der Waals surface area contributed by atoms with Gasteiger partial charge in [-0.1, -0.05) is 18.2 Å². The maximum atomic E-state index is 12.4. The fourth-order valence-electron chi connectivity index (χ4n) is 2.89. The zero-order chi connectivity index (χ0) is 19.7. The molecule has 0 amide bonds. The van der Waals surface area contributed by atoms with Crippen LogP contribution in [0.4, 0.5) is 5.69 Å². The third-order valence-corrected chi connectivity index (χ3v) is 6.23. The van der Waals surface area contributed by atoms with Gasteiger partial charge >= 0.3 is 0 Å². The van der Waals surface area contributed by atoms with Crippen LogP contribution < -0.4 is 9.46 Å². The van der Waals surface area contributed by atoms with Crippen molar-refractivity contribution in [1.29, 1.82) is 0 Å². The molecule has 0 unspecified atom stereocenters. The molecule has 2 N–H and O–H groups in total. The quantitative estimate of drug-likeness (QED) is 0.631. The lowest BCUT2D eigenvalue weighted by molar-refractivity contribution is 0.242. The van der Waals surface area contributed by atoms with E-state index in [9.17, 15) is 8.42 Å². The van der Waals surface area contributed by atoms with Crippen molar-refractivity contribution in [1.82, 2.24) is 20.6 Å². The highest BCUT2D eigenvalue weighted by Gasteiger charge is 2.36. The van der Waals surface area contributed by atoms with Gasteiger partial charge in [0.15, 0.2) is 0 Å². The molecule has 0 aliphatic heterocycles. The first-order chi connectivity index (χ1) is 13.4. The maximum absolute atomic E-state index is 12.4. The first kappa shape index (κ1) is 18.4. The number of aromatic nitrogens is 4. The van der Waals surface area contributed by atoms with Gasteiger partial charge in [0.05, 0.1) is 17.0 Å². The summed E-state index contributed by atoms with van der Waals surface area (Å²) in [5, 5.41) is 13.7. The first-order valence-electron chi connectivity index (χ1n) is 9.09. The number of aromatic amines is 1. The van der Waals surface area contributed by atoms with Gasteiger partial charge in [-0.15, -0.1) is 10.2 Å². The van der Waals surface area contributed by atoms with Gasteiger partial charge in [-0.25, -0.2) is 8.42 Å². The summed E-state index contributed by atoms with van der Waals surface area (Å²) in [6, 6.07) is 13.2. The Hall–Kier alpha value is -2.94. The van der Waals surface area contributed by atoms with Crippen LogP contribution in [-0.4, -0.2) is 40.4 Å². The fraction of sp³-hybridized carbons (Fsp3) is 0.316. The summed E-state index contributed by atoms with van der Waals surface area (Å²) >= 11 is 0. The molecular weight excluding hydrogens is 378 g/mol. The molecule has 1 heterocycles. The number of benzene rings is 2. The Labute approximate surface area is 163 Å². The van der Waals surface area contributed by atoms with Crippen molar-refractivity contribution in [2.75, 3.05) is 4.72 Å². The molecule has 8 nitrogen and oxygen atoms in total. The molecule has 146 valence electrons. The molecule has 28 heavy (non-hydrogen) atoms. The molecule has 3 aromatic rings. The number of rotatable bonds is 7. The lowest BCUT2D eigenvalue weighted by Crippen LogP contribution is -2.18. The van der Waals surface area contributed by atoms with Crippen LogP contribution in [0.25, 0.3) is 22.5 Å². The van der Waals surface area contributed by atoms with Crippen molar-refractivity contribution in [2.24, 2.45) is 0 Å². The van der Waals surface area contributed by atoms with Crippen molar-refractivity contribution < 1.29 is 13.2 Å². The fourth-order valence-corrected chi connectivity index (χ4v) is 4.29. The maximum Gasteiger partial charge on any atom is 0.235 e. The number of sulfonamides is 1. The van der Waals surface area contributed by atoms with Gasteiger partial charge in [-0.3, -0.25) is 4.72 Å². The van der Waals surface area contributed by atoms with Crippen molar-refractivity contribution in [3.05, 3.63) is 42.5 Å². The lowest BCUT2D eigenvalue weighted by atomic mass is 10.0. The molecule has 1 saturated carbocycles. The number of hydrogen-bond donors (Lipinski definition) is 2. The highest BCUT2D eigenvalue weighted by molar-refractivity contribution is 7.93. The van der Waals surface area contributed by atoms with Gasteiger partial charge < -0.3 is 4.74 Å².